The topological polar surface area (TPSA) is 200 Å². The van der Waals surface area contributed by atoms with Crippen molar-refractivity contribution in [2.45, 2.75) is 147 Å². The summed E-state index contributed by atoms with van der Waals surface area (Å²) in [5.41, 5.74) is 20.5. The Balaban J connectivity index is 0.000000459. The van der Waals surface area contributed by atoms with Crippen molar-refractivity contribution in [3.63, 3.8) is 0 Å². The molecule has 6 unspecified atom stereocenters. The van der Waals surface area contributed by atoms with Crippen LogP contribution in [0.5, 0.6) is 0 Å². The van der Waals surface area contributed by atoms with Gasteiger partial charge in [-0.05, 0) is 170 Å². The minimum absolute atomic E-state index is 0. The van der Waals surface area contributed by atoms with E-state index in [1.165, 1.54) is 50.1 Å². The number of carbonyl (C=O) groups is 3. The van der Waals surface area contributed by atoms with Gasteiger partial charge in [-0.15, -0.1) is 0 Å². The third-order valence-electron chi connectivity index (χ3n) is 21.7. The van der Waals surface area contributed by atoms with Crippen molar-refractivity contribution >= 4 is 46.2 Å². The van der Waals surface area contributed by atoms with Gasteiger partial charge < -0.3 is 51.1 Å². The summed E-state index contributed by atoms with van der Waals surface area (Å²) in [6, 6.07) is 95.9. The molecule has 0 fully saturated rings. The van der Waals surface area contributed by atoms with Crippen molar-refractivity contribution < 1.29 is 38.4 Å². The number of nitrogens with two attached hydrogens (primary N) is 2. The molecule has 9 aromatic rings. The van der Waals surface area contributed by atoms with Crippen LogP contribution in [0.2, 0.25) is 0 Å². The van der Waals surface area contributed by atoms with Crippen molar-refractivity contribution in [3.8, 4) is 0 Å². The Morgan fingerprint density at radius 2 is 0.650 bits per heavy atom. The van der Waals surface area contributed by atoms with E-state index in [1.807, 2.05) is 43.9 Å². The highest BCUT2D eigenvalue weighted by molar-refractivity contribution is 14.1. The molecule has 14 nitrogen and oxygen atoms in total. The van der Waals surface area contributed by atoms with Crippen LogP contribution in [0, 0.1) is 17.8 Å². The molecular formula is C102H139IN6O8. The predicted octanol–water partition coefficient (Wildman–Crippen LogP) is 20.5. The van der Waals surface area contributed by atoms with E-state index in [0.717, 1.165) is 58.0 Å². The highest BCUT2D eigenvalue weighted by Crippen LogP contribution is 2.50. The zero-order valence-corrected chi connectivity index (χ0v) is 73.0. The van der Waals surface area contributed by atoms with Crippen molar-refractivity contribution in [1.82, 2.24) is 15.5 Å². The number of rotatable bonds is 47. The highest BCUT2D eigenvalue weighted by atomic mass is 127. The van der Waals surface area contributed by atoms with Crippen LogP contribution >= 0.6 is 22.6 Å². The fourth-order valence-corrected chi connectivity index (χ4v) is 15.7. The van der Waals surface area contributed by atoms with E-state index in [-0.39, 0.29) is 47.3 Å². The smallest absolute Gasteiger partial charge is 0.306 e. The first-order chi connectivity index (χ1) is 56.5. The number of aliphatic carboxylic acids is 1. The number of amides is 2. The zero-order valence-electron chi connectivity index (χ0n) is 70.9. The molecule has 9 aromatic carbocycles. The number of carboxylic acids is 1. The molecule has 0 aromatic heterocycles. The SMILES string of the molecule is C.C=C=NCCCN(C)C.CCC(CC(CC(C)C(=O)NCCOCCOCCNC(=O)C(C)CC(CC(CC)c1ccccc1)(c1ccccc1)c1ccccc1)(c1ccccc1)c1ccccc1)c1ccccc1.CCC(CC(CC(C)C(=O)O)(c1ccccc1)c1ccccc1)c1ccccc1.CI.NCCOCCOCCN. The molecule has 7 N–H and O–H groups in total. The maximum Gasteiger partial charge on any atom is 0.306 e. The molecule has 0 radical (unpaired) electrons. The van der Waals surface area contributed by atoms with E-state index in [1.54, 1.807) is 0 Å². The van der Waals surface area contributed by atoms with Crippen LogP contribution in [0.4, 0.5) is 0 Å². The van der Waals surface area contributed by atoms with Crippen LogP contribution in [0.15, 0.2) is 285 Å². The summed E-state index contributed by atoms with van der Waals surface area (Å²) in [7, 11) is 4.11. The molecular weight excluding hydrogens is 1560 g/mol. The lowest BCUT2D eigenvalue weighted by Gasteiger charge is -2.40. The molecule has 117 heavy (non-hydrogen) atoms. The molecule has 9 rings (SSSR count). The monoisotopic (exact) mass is 1700 g/mol. The van der Waals surface area contributed by atoms with Gasteiger partial charge in [-0.1, -0.05) is 345 Å². The first-order valence-corrected chi connectivity index (χ1v) is 43.9. The predicted molar refractivity (Wildman–Crippen MR) is 497 cm³/mol. The van der Waals surface area contributed by atoms with Gasteiger partial charge in [0.2, 0.25) is 11.8 Å². The fourth-order valence-electron chi connectivity index (χ4n) is 15.7. The summed E-state index contributed by atoms with van der Waals surface area (Å²) < 4.78 is 21.8. The minimum atomic E-state index is -0.742. The normalized spacial score (nSPS) is 12.7. The average Bonchev–Trinajstić information content (AvgIpc) is 0.781. The van der Waals surface area contributed by atoms with Gasteiger partial charge in [0.25, 0.3) is 0 Å². The Kier molecular flexibility index (Phi) is 50.8. The van der Waals surface area contributed by atoms with E-state index in [4.69, 9.17) is 30.4 Å². The number of carboxylic acid groups (broad SMARTS) is 1. The summed E-state index contributed by atoms with van der Waals surface area (Å²) in [5, 5.41) is 16.0. The van der Waals surface area contributed by atoms with Crippen molar-refractivity contribution in [2.24, 2.45) is 34.2 Å². The fraction of sp³-hybridized carbons (Fsp3) is 0.422. The maximum absolute atomic E-state index is 13.7. The van der Waals surface area contributed by atoms with E-state index >= 15 is 0 Å². The molecule has 0 spiro atoms. The Labute approximate surface area is 717 Å². The zero-order chi connectivity index (χ0) is 83.9. The Hall–Kier alpha value is -8.71. The largest absolute Gasteiger partial charge is 0.481 e. The van der Waals surface area contributed by atoms with Crippen LogP contribution in [-0.2, 0) is 49.6 Å². The number of benzene rings is 9. The second-order valence-electron chi connectivity index (χ2n) is 30.1. The summed E-state index contributed by atoms with van der Waals surface area (Å²) in [4.78, 5) is 47.3. The molecule has 0 saturated heterocycles. The van der Waals surface area contributed by atoms with E-state index in [2.05, 4.69) is 345 Å². The first kappa shape index (κ1) is 101. The second kappa shape index (κ2) is 59.0. The molecule has 0 heterocycles. The molecule has 0 aliphatic carbocycles. The van der Waals surface area contributed by atoms with Gasteiger partial charge in [0.1, 0.15) is 0 Å². The van der Waals surface area contributed by atoms with Gasteiger partial charge in [0.15, 0.2) is 0 Å². The quantitative estimate of drug-likeness (QED) is 0.0105. The number of hydrogen-bond donors (Lipinski definition) is 5. The first-order valence-electron chi connectivity index (χ1n) is 41.7. The lowest BCUT2D eigenvalue weighted by Crippen LogP contribution is -2.39. The van der Waals surface area contributed by atoms with Gasteiger partial charge in [0, 0.05) is 60.8 Å². The third kappa shape index (κ3) is 34.6. The Morgan fingerprint density at radius 3 is 0.872 bits per heavy atom. The standard InChI is InChI=1S/C60H72N2O4.C27H30O2.C7H14N2.C6H16N2O2.CH3I.CH4/c1-5-49(51-25-13-7-14-26-51)45-59(53-29-17-9-18-30-53,54-31-19-10-20-32-54)43-47(3)57(63)61-37-39-65-41-42-66-40-38-62-58(64)48(4)44-60(55-33-21-11-22-34-55,56-35-23-12-24-36-56)46-50(6-2)52-27-15-8-16-28-52;1-3-22(23-13-7-4-8-14-23)20-27(19-21(2)26(28)29,24-15-9-5-10-16-24)25-17-11-6-12-18-25;1-4-8-6-5-7-9(2)3;7-1-3-9-5-6-10-4-2-8;1-2;/h7-36,47-50H,5-6,37-46H2,1-4H3,(H,61,63)(H,62,64);4-18,21-22H,3,19-20H2,1-2H3,(H,28,29);1,5-7H2,2-3H3;1-8H2;1H3;1H4. The number of alkyl halides is 1. The highest BCUT2D eigenvalue weighted by Gasteiger charge is 2.43. The third-order valence-corrected chi connectivity index (χ3v) is 21.7. The van der Waals surface area contributed by atoms with Crippen LogP contribution in [0.1, 0.15) is 181 Å². The molecule has 0 aliphatic rings. The number of aliphatic imine (C=N–C) groups is 1. The van der Waals surface area contributed by atoms with Gasteiger partial charge >= 0.3 is 5.97 Å². The molecule has 0 saturated carbocycles. The number of nitrogens with zero attached hydrogens (tertiary/aromatic N) is 2. The molecule has 0 bridgehead atoms. The van der Waals surface area contributed by atoms with Gasteiger partial charge in [-0.3, -0.25) is 14.4 Å². The molecule has 0 aliphatic heterocycles. The summed E-state index contributed by atoms with van der Waals surface area (Å²) >= 11 is 2.15. The van der Waals surface area contributed by atoms with Crippen molar-refractivity contribution in [3.05, 3.63) is 330 Å². The number of nitrogens with one attached hydrogen (secondary N) is 2. The minimum Gasteiger partial charge on any atom is -0.481 e. The second-order valence-corrected chi connectivity index (χ2v) is 30.1. The number of hydrogen-bond acceptors (Lipinski definition) is 11. The molecule has 632 valence electrons. The van der Waals surface area contributed by atoms with Crippen molar-refractivity contribution in [1.29, 1.82) is 0 Å². The van der Waals surface area contributed by atoms with E-state index in [0.29, 0.717) is 116 Å². The van der Waals surface area contributed by atoms with E-state index in [9.17, 15) is 19.5 Å². The number of ether oxygens (including phenoxy) is 4. The lowest BCUT2D eigenvalue weighted by molar-refractivity contribution is -0.141. The van der Waals surface area contributed by atoms with Crippen molar-refractivity contribution in [2.75, 3.05) is 111 Å². The molecule has 15 heteroatoms. The van der Waals surface area contributed by atoms with Crippen LogP contribution in [0.25, 0.3) is 0 Å². The summed E-state index contributed by atoms with van der Waals surface area (Å²) in [6.07, 6.45) is 8.68. The number of carbonyl (C=O) groups excluding carboxylic acids is 2. The Morgan fingerprint density at radius 1 is 0.410 bits per heavy atom. The Bertz CT molecular complexity index is 3750. The van der Waals surface area contributed by atoms with Gasteiger partial charge in [-0.25, -0.2) is 4.99 Å². The lowest BCUT2D eigenvalue weighted by atomic mass is 9.63. The molecule has 2 amide bonds. The molecule has 6 atom stereocenters. The maximum atomic E-state index is 13.7. The van der Waals surface area contributed by atoms with Crippen LogP contribution in [-0.4, -0.2) is 145 Å². The van der Waals surface area contributed by atoms with Gasteiger partial charge in [-0.2, -0.15) is 0 Å². The van der Waals surface area contributed by atoms with Gasteiger partial charge in [0.05, 0.1) is 58.8 Å². The van der Waals surface area contributed by atoms with Crippen LogP contribution < -0.4 is 22.1 Å². The van der Waals surface area contributed by atoms with Crippen LogP contribution in [0.3, 0.4) is 0 Å². The van der Waals surface area contributed by atoms with E-state index < -0.39 is 11.9 Å². The summed E-state index contributed by atoms with van der Waals surface area (Å²) in [5.74, 6) is 1.88. The summed E-state index contributed by atoms with van der Waals surface area (Å²) in [6.45, 7) is 23.9. The average molecular weight is 1700 g/mol. The number of halogens is 1.